The summed E-state index contributed by atoms with van der Waals surface area (Å²) in [5.74, 6) is -0.594. The number of imide groups is 1. The lowest BCUT2D eigenvalue weighted by Gasteiger charge is -2.27. The van der Waals surface area contributed by atoms with E-state index in [9.17, 15) is 14.4 Å². The number of amides is 4. The van der Waals surface area contributed by atoms with Gasteiger partial charge in [-0.25, -0.2) is 9.79 Å². The molecule has 0 bridgehead atoms. The Kier molecular flexibility index (Phi) is 6.57. The Labute approximate surface area is 166 Å². The van der Waals surface area contributed by atoms with Gasteiger partial charge in [0.1, 0.15) is 0 Å². The van der Waals surface area contributed by atoms with Crippen LogP contribution in [0.1, 0.15) is 12.8 Å². The monoisotopic (exact) mass is 407 g/mol. The van der Waals surface area contributed by atoms with Gasteiger partial charge >= 0.3 is 6.03 Å². The zero-order valence-corrected chi connectivity index (χ0v) is 16.3. The number of morpholine rings is 1. The first-order valence-corrected chi connectivity index (χ1v) is 9.80. The molecule has 0 spiro atoms. The number of carbonyl (C=O) groups is 3. The van der Waals surface area contributed by atoms with Crippen LogP contribution in [-0.4, -0.2) is 82.2 Å². The Balaban J connectivity index is 1.58. The molecule has 1 aromatic heterocycles. The number of carbonyl (C=O) groups excluding carboxylic acids is 3. The fraction of sp³-hybridized carbons (Fsp3) is 0.529. The van der Waals surface area contributed by atoms with Gasteiger partial charge in [0.15, 0.2) is 0 Å². The Morgan fingerprint density at radius 1 is 1.32 bits per heavy atom. The summed E-state index contributed by atoms with van der Waals surface area (Å²) in [5, 5.41) is 8.13. The van der Waals surface area contributed by atoms with Gasteiger partial charge in [0, 0.05) is 31.8 Å². The van der Waals surface area contributed by atoms with Crippen LogP contribution < -0.4 is 0 Å². The van der Waals surface area contributed by atoms with Crippen molar-refractivity contribution in [2.45, 2.75) is 18.6 Å². The van der Waals surface area contributed by atoms with Crippen molar-refractivity contribution >= 4 is 35.3 Å². The molecule has 28 heavy (non-hydrogen) atoms. The van der Waals surface area contributed by atoms with Crippen LogP contribution in [0.3, 0.4) is 0 Å². The quantitative estimate of drug-likeness (QED) is 0.481. The molecule has 1 fully saturated rings. The molecule has 0 aromatic carbocycles. The van der Waals surface area contributed by atoms with Crippen LogP contribution in [0, 0.1) is 5.92 Å². The minimum Gasteiger partial charge on any atom is -0.416 e. The molecule has 1 aromatic rings. The van der Waals surface area contributed by atoms with Crippen molar-refractivity contribution in [2.24, 2.45) is 10.9 Å². The number of aliphatic imine (C=N–C) groups is 1. The molecule has 11 heteroatoms. The lowest BCUT2D eigenvalue weighted by atomic mass is 9.97. The van der Waals surface area contributed by atoms with E-state index in [0.29, 0.717) is 32.0 Å². The van der Waals surface area contributed by atoms with Gasteiger partial charge in [0.25, 0.3) is 5.22 Å². The molecule has 1 unspecified atom stereocenters. The molecular weight excluding hydrogens is 386 g/mol. The van der Waals surface area contributed by atoms with Crippen molar-refractivity contribution < 1.29 is 23.5 Å². The number of hydrogen-bond acceptors (Lipinski definition) is 8. The lowest BCUT2D eigenvalue weighted by molar-refractivity contribution is -0.132. The molecule has 0 radical (unpaired) electrons. The molecule has 3 rings (SSSR count). The maximum Gasteiger partial charge on any atom is 0.350 e. The Bertz CT molecular complexity index is 802. The summed E-state index contributed by atoms with van der Waals surface area (Å²) in [6.07, 6.45) is 1.61. The van der Waals surface area contributed by atoms with Gasteiger partial charge in [-0.05, 0) is 6.92 Å². The van der Waals surface area contributed by atoms with E-state index in [1.807, 2.05) is 0 Å². The van der Waals surface area contributed by atoms with Gasteiger partial charge in [0.2, 0.25) is 17.7 Å². The van der Waals surface area contributed by atoms with Gasteiger partial charge in [-0.2, -0.15) is 0 Å². The highest BCUT2D eigenvalue weighted by Crippen LogP contribution is 2.22. The van der Waals surface area contributed by atoms with Crippen LogP contribution >= 0.6 is 11.8 Å². The first-order valence-electron chi connectivity index (χ1n) is 8.81. The number of hydrogen-bond donors (Lipinski definition) is 0. The van der Waals surface area contributed by atoms with Crippen LogP contribution in [0.15, 0.2) is 27.3 Å². The first kappa shape index (κ1) is 20.2. The van der Waals surface area contributed by atoms with E-state index < -0.39 is 11.9 Å². The molecule has 10 nitrogen and oxygen atoms in total. The molecule has 1 saturated heterocycles. The third kappa shape index (κ3) is 4.65. The van der Waals surface area contributed by atoms with Crippen molar-refractivity contribution in [1.29, 1.82) is 0 Å². The molecule has 0 saturated carbocycles. The summed E-state index contributed by atoms with van der Waals surface area (Å²) >= 11 is 1.15. The maximum atomic E-state index is 12.6. The second-order valence-electron chi connectivity index (χ2n) is 6.27. The minimum absolute atomic E-state index is 0.0166. The largest absolute Gasteiger partial charge is 0.416 e. The van der Waals surface area contributed by atoms with Crippen molar-refractivity contribution in [3.63, 3.8) is 0 Å². The predicted molar refractivity (Wildman–Crippen MR) is 100 cm³/mol. The van der Waals surface area contributed by atoms with E-state index in [4.69, 9.17) is 9.15 Å². The van der Waals surface area contributed by atoms with Gasteiger partial charge in [-0.1, -0.05) is 17.8 Å². The molecule has 0 aliphatic carbocycles. The van der Waals surface area contributed by atoms with Crippen LogP contribution in [-0.2, 0) is 20.7 Å². The highest BCUT2D eigenvalue weighted by molar-refractivity contribution is 7.99. The second kappa shape index (κ2) is 9.11. The standard InChI is InChI=1S/C17H21N5O5S/c1-3-4-22-15(24)12(11(2)18-16(22)25)9-13-19-20-17(27-13)28-10-14(23)21-5-7-26-8-6-21/h3,12H,1,4-10H2,2H3. The molecular formula is C17H21N5O5S. The van der Waals surface area contributed by atoms with E-state index in [0.717, 1.165) is 16.7 Å². The summed E-state index contributed by atoms with van der Waals surface area (Å²) < 4.78 is 10.8. The molecule has 1 atom stereocenters. The lowest BCUT2D eigenvalue weighted by Crippen LogP contribution is -2.46. The molecule has 4 amide bonds. The molecule has 150 valence electrons. The van der Waals surface area contributed by atoms with E-state index in [-0.39, 0.29) is 41.6 Å². The molecule has 2 aliphatic rings. The molecule has 0 N–H and O–H groups in total. The van der Waals surface area contributed by atoms with Gasteiger partial charge < -0.3 is 14.1 Å². The minimum atomic E-state index is -0.647. The zero-order chi connectivity index (χ0) is 20.1. The second-order valence-corrected chi connectivity index (χ2v) is 7.20. The van der Waals surface area contributed by atoms with Gasteiger partial charge in [-0.3, -0.25) is 14.5 Å². The van der Waals surface area contributed by atoms with E-state index in [2.05, 4.69) is 21.8 Å². The average Bonchev–Trinajstić information content (AvgIpc) is 3.15. The number of urea groups is 1. The number of nitrogens with zero attached hydrogens (tertiary/aromatic N) is 5. The first-order chi connectivity index (χ1) is 13.5. The molecule has 3 heterocycles. The van der Waals surface area contributed by atoms with Crippen molar-refractivity contribution in [3.8, 4) is 0 Å². The summed E-state index contributed by atoms with van der Waals surface area (Å²) in [7, 11) is 0. The maximum absolute atomic E-state index is 12.6. The van der Waals surface area contributed by atoms with Gasteiger partial charge in [-0.15, -0.1) is 16.8 Å². The van der Waals surface area contributed by atoms with Crippen molar-refractivity contribution in [1.82, 2.24) is 20.0 Å². The fourth-order valence-electron chi connectivity index (χ4n) is 2.86. The summed E-state index contributed by atoms with van der Waals surface area (Å²) in [6, 6.07) is -0.595. The number of ether oxygens (including phenoxy) is 1. The highest BCUT2D eigenvalue weighted by Gasteiger charge is 2.36. The van der Waals surface area contributed by atoms with Gasteiger partial charge in [0.05, 0.1) is 24.9 Å². The number of aromatic nitrogens is 2. The van der Waals surface area contributed by atoms with Crippen LogP contribution in [0.4, 0.5) is 4.79 Å². The van der Waals surface area contributed by atoms with E-state index in [1.165, 1.54) is 6.08 Å². The number of rotatable bonds is 7. The summed E-state index contributed by atoms with van der Waals surface area (Å²) in [4.78, 5) is 43.3. The third-order valence-corrected chi connectivity index (χ3v) is 5.20. The van der Waals surface area contributed by atoms with E-state index in [1.54, 1.807) is 11.8 Å². The summed E-state index contributed by atoms with van der Waals surface area (Å²) in [5.41, 5.74) is 0.408. The molecule has 2 aliphatic heterocycles. The van der Waals surface area contributed by atoms with Crippen LogP contribution in [0.2, 0.25) is 0 Å². The smallest absolute Gasteiger partial charge is 0.350 e. The number of thioether (sulfide) groups is 1. The topological polar surface area (TPSA) is 118 Å². The Morgan fingerprint density at radius 2 is 2.07 bits per heavy atom. The van der Waals surface area contributed by atoms with Crippen LogP contribution in [0.25, 0.3) is 0 Å². The Hall–Kier alpha value is -2.53. The average molecular weight is 407 g/mol. The van der Waals surface area contributed by atoms with E-state index >= 15 is 0 Å². The van der Waals surface area contributed by atoms with Crippen molar-refractivity contribution in [3.05, 3.63) is 18.5 Å². The van der Waals surface area contributed by atoms with Crippen molar-refractivity contribution in [2.75, 3.05) is 38.6 Å². The fourth-order valence-corrected chi connectivity index (χ4v) is 3.55. The Morgan fingerprint density at radius 3 is 2.79 bits per heavy atom. The highest BCUT2D eigenvalue weighted by atomic mass is 32.2. The SMILES string of the molecule is C=CCN1C(=O)N=C(C)C(Cc2nnc(SCC(=O)N3CCOCC3)o2)C1=O. The van der Waals surface area contributed by atoms with Crippen LogP contribution in [0.5, 0.6) is 0 Å². The third-order valence-electron chi connectivity index (χ3n) is 4.39. The zero-order valence-electron chi connectivity index (χ0n) is 15.5. The summed E-state index contributed by atoms with van der Waals surface area (Å²) in [6.45, 7) is 7.52. The normalized spacial score (nSPS) is 20.3. The predicted octanol–water partition coefficient (Wildman–Crippen LogP) is 0.788.